The lowest BCUT2D eigenvalue weighted by molar-refractivity contribution is -0.118. The molecule has 0 aliphatic heterocycles. The molecule has 1 heterocycles. The summed E-state index contributed by atoms with van der Waals surface area (Å²) in [6, 6.07) is 9.36. The fraction of sp³-hybridized carbons (Fsp3) is 0.231. The molecule has 0 fully saturated rings. The summed E-state index contributed by atoms with van der Waals surface area (Å²) in [4.78, 5) is 11.8. The molecule has 2 rings (SSSR count). The average molecular weight is 371 g/mol. The lowest BCUT2D eigenvalue weighted by Gasteiger charge is -2.07. The number of aromatic nitrogens is 2. The summed E-state index contributed by atoms with van der Waals surface area (Å²) >= 11 is 2.20. The standard InChI is InChI=1S/C13H14IN3O2/c1-9-6-12(17(2)16-9)15-13(18)8-19-11-5-3-4-10(14)7-11/h3-7H,8H2,1-2H3,(H,15,18). The van der Waals surface area contributed by atoms with Crippen molar-refractivity contribution < 1.29 is 9.53 Å². The van der Waals surface area contributed by atoms with Crippen LogP contribution in [-0.2, 0) is 11.8 Å². The lowest BCUT2D eigenvalue weighted by atomic mass is 10.3. The van der Waals surface area contributed by atoms with Gasteiger partial charge in [-0.2, -0.15) is 5.10 Å². The number of amides is 1. The Morgan fingerprint density at radius 3 is 2.89 bits per heavy atom. The van der Waals surface area contributed by atoms with Gasteiger partial charge in [0.15, 0.2) is 6.61 Å². The molecule has 5 nitrogen and oxygen atoms in total. The van der Waals surface area contributed by atoms with E-state index in [4.69, 9.17) is 4.74 Å². The van der Waals surface area contributed by atoms with Gasteiger partial charge in [-0.25, -0.2) is 0 Å². The van der Waals surface area contributed by atoms with E-state index >= 15 is 0 Å². The SMILES string of the molecule is Cc1cc(NC(=O)COc2cccc(I)c2)n(C)n1. The molecule has 6 heteroatoms. The number of nitrogens with one attached hydrogen (secondary N) is 1. The molecule has 1 aromatic heterocycles. The molecular weight excluding hydrogens is 357 g/mol. The van der Waals surface area contributed by atoms with Gasteiger partial charge in [-0.05, 0) is 47.7 Å². The number of carbonyl (C=O) groups excluding carboxylic acids is 1. The summed E-state index contributed by atoms with van der Waals surface area (Å²) in [6.07, 6.45) is 0. The number of hydrogen-bond acceptors (Lipinski definition) is 3. The zero-order chi connectivity index (χ0) is 13.8. The summed E-state index contributed by atoms with van der Waals surface area (Å²) in [5.74, 6) is 1.14. The molecule has 0 saturated carbocycles. The Balaban J connectivity index is 1.90. The molecule has 19 heavy (non-hydrogen) atoms. The van der Waals surface area contributed by atoms with Gasteiger partial charge in [-0.3, -0.25) is 9.48 Å². The van der Waals surface area contributed by atoms with Gasteiger partial charge in [0.2, 0.25) is 0 Å². The quantitative estimate of drug-likeness (QED) is 0.840. The van der Waals surface area contributed by atoms with Crippen LogP contribution >= 0.6 is 22.6 Å². The van der Waals surface area contributed by atoms with E-state index in [9.17, 15) is 4.79 Å². The maximum Gasteiger partial charge on any atom is 0.263 e. The van der Waals surface area contributed by atoms with Crippen LogP contribution in [0.3, 0.4) is 0 Å². The van der Waals surface area contributed by atoms with E-state index in [0.717, 1.165) is 9.26 Å². The van der Waals surface area contributed by atoms with Crippen LogP contribution in [-0.4, -0.2) is 22.3 Å². The zero-order valence-corrected chi connectivity index (χ0v) is 12.8. The number of rotatable bonds is 4. The molecule has 1 aromatic carbocycles. The van der Waals surface area contributed by atoms with E-state index < -0.39 is 0 Å². The number of anilines is 1. The van der Waals surface area contributed by atoms with E-state index in [1.807, 2.05) is 37.3 Å². The summed E-state index contributed by atoms with van der Waals surface area (Å²) in [7, 11) is 1.78. The number of carbonyl (C=O) groups is 1. The van der Waals surface area contributed by atoms with Crippen molar-refractivity contribution in [1.29, 1.82) is 0 Å². The summed E-state index contributed by atoms with van der Waals surface area (Å²) in [5, 5.41) is 6.90. The predicted octanol–water partition coefficient (Wildman–Crippen LogP) is 2.35. The minimum Gasteiger partial charge on any atom is -0.484 e. The van der Waals surface area contributed by atoms with E-state index in [1.54, 1.807) is 11.7 Å². The number of halogens is 1. The molecule has 0 atom stereocenters. The van der Waals surface area contributed by atoms with Gasteiger partial charge in [-0.15, -0.1) is 0 Å². The van der Waals surface area contributed by atoms with Gasteiger partial charge >= 0.3 is 0 Å². The fourth-order valence-corrected chi connectivity index (χ4v) is 2.13. The predicted molar refractivity (Wildman–Crippen MR) is 81.2 cm³/mol. The van der Waals surface area contributed by atoms with Gasteiger partial charge in [0.1, 0.15) is 11.6 Å². The highest BCUT2D eigenvalue weighted by molar-refractivity contribution is 14.1. The monoisotopic (exact) mass is 371 g/mol. The Morgan fingerprint density at radius 2 is 2.26 bits per heavy atom. The second-order valence-corrected chi connectivity index (χ2v) is 5.33. The van der Waals surface area contributed by atoms with Crippen LogP contribution in [0.4, 0.5) is 5.82 Å². The van der Waals surface area contributed by atoms with Crippen LogP contribution in [0, 0.1) is 10.5 Å². The molecule has 0 spiro atoms. The highest BCUT2D eigenvalue weighted by Gasteiger charge is 2.07. The van der Waals surface area contributed by atoms with E-state index in [-0.39, 0.29) is 12.5 Å². The first-order valence-electron chi connectivity index (χ1n) is 5.73. The highest BCUT2D eigenvalue weighted by atomic mass is 127. The normalized spacial score (nSPS) is 10.3. The number of benzene rings is 1. The minimum atomic E-state index is -0.207. The van der Waals surface area contributed by atoms with Crippen molar-refractivity contribution in [1.82, 2.24) is 9.78 Å². The summed E-state index contributed by atoms with van der Waals surface area (Å²) in [6.45, 7) is 1.85. The third-order valence-electron chi connectivity index (χ3n) is 2.44. The van der Waals surface area contributed by atoms with Crippen LogP contribution in [0.15, 0.2) is 30.3 Å². The maximum absolute atomic E-state index is 11.8. The number of nitrogens with zero attached hydrogens (tertiary/aromatic N) is 2. The van der Waals surface area contributed by atoms with Crippen molar-refractivity contribution in [2.45, 2.75) is 6.92 Å². The third-order valence-corrected chi connectivity index (χ3v) is 3.11. The molecule has 0 bridgehead atoms. The van der Waals surface area contributed by atoms with Gasteiger partial charge in [0, 0.05) is 16.7 Å². The second kappa shape index (κ2) is 6.05. The zero-order valence-electron chi connectivity index (χ0n) is 10.7. The number of aryl methyl sites for hydroxylation is 2. The van der Waals surface area contributed by atoms with Crippen LogP contribution in [0.25, 0.3) is 0 Å². The summed E-state index contributed by atoms with van der Waals surface area (Å²) in [5.41, 5.74) is 0.858. The fourth-order valence-electron chi connectivity index (χ4n) is 1.61. The van der Waals surface area contributed by atoms with E-state index in [2.05, 4.69) is 33.0 Å². The van der Waals surface area contributed by atoms with Crippen LogP contribution < -0.4 is 10.1 Å². The van der Waals surface area contributed by atoms with Gasteiger partial charge in [0.05, 0.1) is 5.69 Å². The number of hydrogen-bond donors (Lipinski definition) is 1. The van der Waals surface area contributed by atoms with E-state index in [0.29, 0.717) is 11.6 Å². The van der Waals surface area contributed by atoms with Crippen molar-refractivity contribution in [3.8, 4) is 5.75 Å². The van der Waals surface area contributed by atoms with Crippen LogP contribution in [0.5, 0.6) is 5.75 Å². The minimum absolute atomic E-state index is 0.0235. The van der Waals surface area contributed by atoms with Gasteiger partial charge < -0.3 is 10.1 Å². The highest BCUT2D eigenvalue weighted by Crippen LogP contribution is 2.15. The van der Waals surface area contributed by atoms with Crippen molar-refractivity contribution in [3.63, 3.8) is 0 Å². The maximum atomic E-state index is 11.8. The Morgan fingerprint density at radius 1 is 1.47 bits per heavy atom. The third kappa shape index (κ3) is 3.95. The topological polar surface area (TPSA) is 56.1 Å². The van der Waals surface area contributed by atoms with Crippen LogP contribution in [0.1, 0.15) is 5.69 Å². The molecule has 1 N–H and O–H groups in total. The smallest absolute Gasteiger partial charge is 0.263 e. The molecule has 0 aliphatic rings. The average Bonchev–Trinajstić information content (AvgIpc) is 2.65. The summed E-state index contributed by atoms with van der Waals surface area (Å²) < 4.78 is 8.11. The molecule has 1 amide bonds. The molecule has 100 valence electrons. The van der Waals surface area contributed by atoms with Crippen molar-refractivity contribution in [2.75, 3.05) is 11.9 Å². The molecule has 0 saturated heterocycles. The van der Waals surface area contributed by atoms with Crippen molar-refractivity contribution in [3.05, 3.63) is 39.6 Å². The Bertz CT molecular complexity index is 595. The Labute approximate surface area is 125 Å². The molecule has 2 aromatic rings. The Hall–Kier alpha value is -1.57. The van der Waals surface area contributed by atoms with E-state index in [1.165, 1.54) is 0 Å². The Kier molecular flexibility index (Phi) is 4.41. The van der Waals surface area contributed by atoms with Crippen molar-refractivity contribution in [2.24, 2.45) is 7.05 Å². The first-order valence-corrected chi connectivity index (χ1v) is 6.81. The van der Waals surface area contributed by atoms with Crippen LogP contribution in [0.2, 0.25) is 0 Å². The molecular formula is C13H14IN3O2. The lowest BCUT2D eigenvalue weighted by Crippen LogP contribution is -2.21. The molecule has 0 unspecified atom stereocenters. The first-order chi connectivity index (χ1) is 9.04. The largest absolute Gasteiger partial charge is 0.484 e. The second-order valence-electron chi connectivity index (χ2n) is 4.09. The molecule has 0 aliphatic carbocycles. The van der Waals surface area contributed by atoms with Crippen molar-refractivity contribution >= 4 is 34.3 Å². The van der Waals surface area contributed by atoms with Gasteiger partial charge in [-0.1, -0.05) is 6.07 Å². The number of ether oxygens (including phenoxy) is 1. The first kappa shape index (κ1) is 13.9. The molecule has 0 radical (unpaired) electrons. The van der Waals surface area contributed by atoms with Gasteiger partial charge in [0.25, 0.3) is 5.91 Å².